The Kier molecular flexibility index (Phi) is 5.86. The Bertz CT molecular complexity index is 1030. The van der Waals surface area contributed by atoms with E-state index in [2.05, 4.69) is 20.1 Å². The van der Waals surface area contributed by atoms with E-state index in [1.165, 1.54) is 30.5 Å². The van der Waals surface area contributed by atoms with Crippen LogP contribution < -0.4 is 10.0 Å². The zero-order valence-corrected chi connectivity index (χ0v) is 16.3. The number of nitrogens with one attached hydrogen (secondary N) is 2. The molecular weight excluding hydrogens is 378 g/mol. The molecule has 0 saturated carbocycles. The van der Waals surface area contributed by atoms with E-state index in [1.54, 1.807) is 42.2 Å². The van der Waals surface area contributed by atoms with Gasteiger partial charge in [-0.3, -0.25) is 4.79 Å². The van der Waals surface area contributed by atoms with E-state index < -0.39 is 10.0 Å². The average Bonchev–Trinajstić information content (AvgIpc) is 3.23. The number of aromatic nitrogens is 3. The molecule has 0 bridgehead atoms. The van der Waals surface area contributed by atoms with Crippen LogP contribution in [0.3, 0.4) is 0 Å². The van der Waals surface area contributed by atoms with E-state index in [-0.39, 0.29) is 16.8 Å². The van der Waals surface area contributed by atoms with Gasteiger partial charge in [-0.25, -0.2) is 22.8 Å². The van der Waals surface area contributed by atoms with Crippen LogP contribution >= 0.6 is 0 Å². The fraction of sp³-hybridized carbons (Fsp3) is 0.211. The summed E-state index contributed by atoms with van der Waals surface area (Å²) in [5.41, 5.74) is 0.870. The number of carbonyl (C=O) groups excluding carboxylic acids is 1. The predicted molar refractivity (Wildman–Crippen MR) is 106 cm³/mol. The highest BCUT2D eigenvalue weighted by atomic mass is 32.2. The van der Waals surface area contributed by atoms with Crippen LogP contribution in [0.25, 0.3) is 5.82 Å². The molecule has 1 amide bonds. The Balaban J connectivity index is 1.68. The maximum absolute atomic E-state index is 12.4. The number of sulfonamides is 1. The van der Waals surface area contributed by atoms with E-state index >= 15 is 0 Å². The summed E-state index contributed by atoms with van der Waals surface area (Å²) in [6.07, 6.45) is 5.64. The fourth-order valence-electron chi connectivity index (χ4n) is 2.40. The third-order valence-electron chi connectivity index (χ3n) is 4.14. The van der Waals surface area contributed by atoms with E-state index in [4.69, 9.17) is 0 Å². The smallest absolute Gasteiger partial charge is 0.255 e. The number of carbonyl (C=O) groups is 1. The number of pyridine rings is 1. The Morgan fingerprint density at radius 1 is 1.18 bits per heavy atom. The summed E-state index contributed by atoms with van der Waals surface area (Å²) in [5, 5.41) is 6.82. The molecule has 0 spiro atoms. The molecule has 0 radical (unpaired) electrons. The Hall–Kier alpha value is -3.04. The molecule has 0 aliphatic rings. The maximum atomic E-state index is 12.4. The first-order valence-corrected chi connectivity index (χ1v) is 10.3. The number of amides is 1. The quantitative estimate of drug-likeness (QED) is 0.635. The number of hydrogen-bond acceptors (Lipinski definition) is 5. The zero-order valence-electron chi connectivity index (χ0n) is 15.5. The third-order valence-corrected chi connectivity index (χ3v) is 5.75. The van der Waals surface area contributed by atoms with Crippen molar-refractivity contribution in [2.24, 2.45) is 0 Å². The van der Waals surface area contributed by atoms with Gasteiger partial charge in [0.2, 0.25) is 10.0 Å². The molecule has 1 unspecified atom stereocenters. The van der Waals surface area contributed by atoms with Gasteiger partial charge in [0.05, 0.1) is 16.8 Å². The first kappa shape index (κ1) is 19.7. The van der Waals surface area contributed by atoms with Crippen LogP contribution in [0.15, 0.2) is 66.0 Å². The van der Waals surface area contributed by atoms with E-state index in [1.807, 2.05) is 6.92 Å². The maximum Gasteiger partial charge on any atom is 0.255 e. The van der Waals surface area contributed by atoms with Crippen LogP contribution in [-0.2, 0) is 10.0 Å². The van der Waals surface area contributed by atoms with Gasteiger partial charge in [0, 0.05) is 24.0 Å². The molecule has 28 heavy (non-hydrogen) atoms. The van der Waals surface area contributed by atoms with Gasteiger partial charge in [-0.2, -0.15) is 5.10 Å². The van der Waals surface area contributed by atoms with Gasteiger partial charge in [-0.1, -0.05) is 6.92 Å². The molecular formula is C19H21N5O3S. The highest BCUT2D eigenvalue weighted by Crippen LogP contribution is 2.14. The molecule has 0 saturated heterocycles. The first-order valence-electron chi connectivity index (χ1n) is 8.79. The number of hydrogen-bond donors (Lipinski definition) is 2. The summed E-state index contributed by atoms with van der Waals surface area (Å²) in [5.74, 6) is 0.277. The van der Waals surface area contributed by atoms with E-state index in [0.717, 1.165) is 0 Å². The second-order valence-electron chi connectivity index (χ2n) is 6.26. The molecule has 9 heteroatoms. The van der Waals surface area contributed by atoms with Crippen molar-refractivity contribution in [1.29, 1.82) is 0 Å². The van der Waals surface area contributed by atoms with Gasteiger partial charge in [0.1, 0.15) is 0 Å². The van der Waals surface area contributed by atoms with Crippen molar-refractivity contribution in [1.82, 2.24) is 19.5 Å². The van der Waals surface area contributed by atoms with Gasteiger partial charge in [0.15, 0.2) is 5.82 Å². The number of nitrogens with zero attached hydrogens (tertiary/aromatic N) is 3. The fourth-order valence-corrected chi connectivity index (χ4v) is 3.73. The summed E-state index contributed by atoms with van der Waals surface area (Å²) in [4.78, 5) is 16.8. The summed E-state index contributed by atoms with van der Waals surface area (Å²) in [6.45, 7) is 3.70. The van der Waals surface area contributed by atoms with Crippen molar-refractivity contribution in [2.45, 2.75) is 31.2 Å². The summed E-state index contributed by atoms with van der Waals surface area (Å²) in [6, 6.07) is 10.9. The lowest BCUT2D eigenvalue weighted by atomic mass is 10.2. The molecule has 1 aromatic carbocycles. The molecule has 2 heterocycles. The molecule has 3 aromatic rings. The predicted octanol–water partition coefficient (Wildman–Crippen LogP) is 2.60. The molecule has 0 aliphatic heterocycles. The van der Waals surface area contributed by atoms with Crippen molar-refractivity contribution >= 4 is 21.6 Å². The SMILES string of the molecule is CCC(C)NS(=O)(=O)c1ccc(C(=O)Nc2ccc(-n3cccn3)nc2)cc1. The largest absolute Gasteiger partial charge is 0.321 e. The minimum atomic E-state index is -3.60. The molecule has 2 aromatic heterocycles. The van der Waals surface area contributed by atoms with Crippen molar-refractivity contribution in [3.05, 3.63) is 66.6 Å². The molecule has 1 atom stereocenters. The Morgan fingerprint density at radius 2 is 1.93 bits per heavy atom. The number of benzene rings is 1. The van der Waals surface area contributed by atoms with Crippen LogP contribution in [0.2, 0.25) is 0 Å². The average molecular weight is 399 g/mol. The molecule has 3 rings (SSSR count). The van der Waals surface area contributed by atoms with Crippen molar-refractivity contribution < 1.29 is 13.2 Å². The lowest BCUT2D eigenvalue weighted by molar-refractivity contribution is 0.102. The monoisotopic (exact) mass is 399 g/mol. The first-order chi connectivity index (χ1) is 13.4. The summed E-state index contributed by atoms with van der Waals surface area (Å²) in [7, 11) is -3.60. The molecule has 8 nitrogen and oxygen atoms in total. The van der Waals surface area contributed by atoms with Gasteiger partial charge >= 0.3 is 0 Å². The van der Waals surface area contributed by atoms with Crippen LogP contribution in [-0.4, -0.2) is 35.1 Å². The minimum absolute atomic E-state index is 0.120. The normalized spacial score (nSPS) is 12.5. The minimum Gasteiger partial charge on any atom is -0.321 e. The zero-order chi connectivity index (χ0) is 20.1. The topological polar surface area (TPSA) is 106 Å². The molecule has 0 fully saturated rings. The second-order valence-corrected chi connectivity index (χ2v) is 7.98. The van der Waals surface area contributed by atoms with Gasteiger partial charge < -0.3 is 5.32 Å². The molecule has 0 aliphatic carbocycles. The van der Waals surface area contributed by atoms with Gasteiger partial charge in [0.25, 0.3) is 5.91 Å². The van der Waals surface area contributed by atoms with E-state index in [0.29, 0.717) is 23.5 Å². The third kappa shape index (κ3) is 4.62. The highest BCUT2D eigenvalue weighted by Gasteiger charge is 2.17. The lowest BCUT2D eigenvalue weighted by Crippen LogP contribution is -2.32. The summed E-state index contributed by atoms with van der Waals surface area (Å²) < 4.78 is 28.7. The van der Waals surface area contributed by atoms with E-state index in [9.17, 15) is 13.2 Å². The second kappa shape index (κ2) is 8.32. The van der Waals surface area contributed by atoms with Crippen molar-refractivity contribution in [3.8, 4) is 5.82 Å². The van der Waals surface area contributed by atoms with Crippen LogP contribution in [0.4, 0.5) is 5.69 Å². The highest BCUT2D eigenvalue weighted by molar-refractivity contribution is 7.89. The van der Waals surface area contributed by atoms with Gasteiger partial charge in [-0.05, 0) is 55.8 Å². The number of anilines is 1. The number of rotatable bonds is 7. The lowest BCUT2D eigenvalue weighted by Gasteiger charge is -2.12. The van der Waals surface area contributed by atoms with Crippen molar-refractivity contribution in [3.63, 3.8) is 0 Å². The summed E-state index contributed by atoms with van der Waals surface area (Å²) >= 11 is 0. The van der Waals surface area contributed by atoms with Crippen molar-refractivity contribution in [2.75, 3.05) is 5.32 Å². The molecule has 146 valence electrons. The Labute approximate surface area is 163 Å². The Morgan fingerprint density at radius 3 is 2.50 bits per heavy atom. The van der Waals surface area contributed by atoms with Crippen LogP contribution in [0.1, 0.15) is 30.6 Å². The van der Waals surface area contributed by atoms with Crippen LogP contribution in [0.5, 0.6) is 0 Å². The van der Waals surface area contributed by atoms with Gasteiger partial charge in [-0.15, -0.1) is 0 Å². The molecule has 2 N–H and O–H groups in total. The standard InChI is InChI=1S/C19H21N5O3S/c1-3-14(2)23-28(26,27)17-8-5-15(6-9-17)19(25)22-16-7-10-18(20-13-16)24-12-4-11-21-24/h4-14,23H,3H2,1-2H3,(H,22,25). The van der Waals surface area contributed by atoms with Crippen LogP contribution in [0, 0.1) is 0 Å².